The molecule has 1 heterocycles. The Morgan fingerprint density at radius 1 is 1.53 bits per heavy atom. The van der Waals surface area contributed by atoms with E-state index in [1.807, 2.05) is 0 Å². The number of carbonyl (C=O) groups excluding carboxylic acids is 2. The number of esters is 1. The molecule has 1 amide bonds. The third-order valence-electron chi connectivity index (χ3n) is 2.63. The van der Waals surface area contributed by atoms with Crippen molar-refractivity contribution < 1.29 is 19.1 Å². The van der Waals surface area contributed by atoms with Gasteiger partial charge in [0.1, 0.15) is 6.10 Å². The molecule has 17 heavy (non-hydrogen) atoms. The van der Waals surface area contributed by atoms with Crippen LogP contribution in [0.1, 0.15) is 19.8 Å². The summed E-state index contributed by atoms with van der Waals surface area (Å²) < 4.78 is 10.1. The van der Waals surface area contributed by atoms with Crippen molar-refractivity contribution in [3.05, 3.63) is 0 Å². The van der Waals surface area contributed by atoms with Crippen LogP contribution >= 0.6 is 0 Å². The summed E-state index contributed by atoms with van der Waals surface area (Å²) in [5.41, 5.74) is 5.18. The summed E-state index contributed by atoms with van der Waals surface area (Å²) in [6.07, 6.45) is 0.614. The molecule has 1 fully saturated rings. The number of morpholine rings is 1. The summed E-state index contributed by atoms with van der Waals surface area (Å²) in [7, 11) is 0. The summed E-state index contributed by atoms with van der Waals surface area (Å²) in [4.78, 5) is 24.2. The van der Waals surface area contributed by atoms with Crippen LogP contribution < -0.4 is 5.73 Å². The molecule has 0 saturated carbocycles. The standard InChI is InChI=1S/C11H20N2O4/c1-2-16-10(14)4-3-5-13-6-7-17-9(8-13)11(12)15/h9H,2-8H2,1H3,(H2,12,15). The van der Waals surface area contributed by atoms with Crippen molar-refractivity contribution >= 4 is 11.9 Å². The average Bonchev–Trinajstić information content (AvgIpc) is 2.30. The molecular weight excluding hydrogens is 224 g/mol. The molecule has 1 aliphatic rings. The van der Waals surface area contributed by atoms with Gasteiger partial charge in [-0.25, -0.2) is 0 Å². The van der Waals surface area contributed by atoms with E-state index in [4.69, 9.17) is 15.2 Å². The van der Waals surface area contributed by atoms with Gasteiger partial charge in [-0.15, -0.1) is 0 Å². The largest absolute Gasteiger partial charge is 0.466 e. The van der Waals surface area contributed by atoms with Gasteiger partial charge in [0, 0.05) is 19.5 Å². The lowest BCUT2D eigenvalue weighted by Gasteiger charge is -2.31. The highest BCUT2D eigenvalue weighted by Gasteiger charge is 2.24. The summed E-state index contributed by atoms with van der Waals surface area (Å²) >= 11 is 0. The zero-order chi connectivity index (χ0) is 12.7. The van der Waals surface area contributed by atoms with Gasteiger partial charge in [0.05, 0.1) is 13.2 Å². The number of nitrogens with zero attached hydrogens (tertiary/aromatic N) is 1. The predicted octanol–water partition coefficient (Wildman–Crippen LogP) is -0.484. The zero-order valence-corrected chi connectivity index (χ0v) is 10.2. The summed E-state index contributed by atoms with van der Waals surface area (Å²) in [5, 5.41) is 0. The van der Waals surface area contributed by atoms with Crippen LogP contribution in [-0.4, -0.2) is 55.7 Å². The molecule has 0 radical (unpaired) electrons. The fourth-order valence-corrected chi connectivity index (χ4v) is 1.76. The topological polar surface area (TPSA) is 81.9 Å². The summed E-state index contributed by atoms with van der Waals surface area (Å²) in [6, 6.07) is 0. The number of nitrogens with two attached hydrogens (primary N) is 1. The zero-order valence-electron chi connectivity index (χ0n) is 10.2. The van der Waals surface area contributed by atoms with E-state index in [2.05, 4.69) is 4.90 Å². The third-order valence-corrected chi connectivity index (χ3v) is 2.63. The predicted molar refractivity (Wildman–Crippen MR) is 61.2 cm³/mol. The second-order valence-electron chi connectivity index (χ2n) is 3.97. The Kier molecular flexibility index (Phi) is 5.93. The molecule has 6 nitrogen and oxygen atoms in total. The van der Waals surface area contributed by atoms with E-state index in [-0.39, 0.29) is 5.97 Å². The SMILES string of the molecule is CCOC(=O)CCCN1CCOC(C(N)=O)C1. The molecule has 98 valence electrons. The second-order valence-corrected chi connectivity index (χ2v) is 3.97. The highest BCUT2D eigenvalue weighted by Crippen LogP contribution is 2.06. The van der Waals surface area contributed by atoms with Crippen LogP contribution in [0.25, 0.3) is 0 Å². The molecule has 0 aromatic carbocycles. The number of carbonyl (C=O) groups is 2. The Morgan fingerprint density at radius 3 is 2.94 bits per heavy atom. The molecule has 0 spiro atoms. The molecule has 1 unspecified atom stereocenters. The van der Waals surface area contributed by atoms with Crippen molar-refractivity contribution in [2.24, 2.45) is 5.73 Å². The van der Waals surface area contributed by atoms with Crippen molar-refractivity contribution in [2.45, 2.75) is 25.9 Å². The molecule has 1 saturated heterocycles. The van der Waals surface area contributed by atoms with Crippen molar-refractivity contribution in [1.29, 1.82) is 0 Å². The molecule has 0 aromatic rings. The Bertz CT molecular complexity index is 270. The quantitative estimate of drug-likeness (QED) is 0.638. The van der Waals surface area contributed by atoms with E-state index in [1.54, 1.807) is 6.92 Å². The number of amides is 1. The third kappa shape index (κ3) is 5.14. The van der Waals surface area contributed by atoms with Gasteiger partial charge in [-0.2, -0.15) is 0 Å². The van der Waals surface area contributed by atoms with Gasteiger partial charge >= 0.3 is 5.97 Å². The molecular formula is C11H20N2O4. The van der Waals surface area contributed by atoms with Crippen LogP contribution in [0.3, 0.4) is 0 Å². The molecule has 2 N–H and O–H groups in total. The van der Waals surface area contributed by atoms with Crippen LogP contribution in [0, 0.1) is 0 Å². The minimum Gasteiger partial charge on any atom is -0.466 e. The molecule has 1 aliphatic heterocycles. The maximum atomic E-state index is 11.1. The molecule has 1 atom stereocenters. The number of hydrogen-bond acceptors (Lipinski definition) is 5. The number of primary amides is 1. The van der Waals surface area contributed by atoms with Crippen molar-refractivity contribution in [3.8, 4) is 0 Å². The lowest BCUT2D eigenvalue weighted by Crippen LogP contribution is -2.48. The molecule has 0 bridgehead atoms. The molecule has 0 aliphatic carbocycles. The van der Waals surface area contributed by atoms with Gasteiger partial charge in [0.2, 0.25) is 5.91 Å². The first kappa shape index (κ1) is 13.9. The molecule has 0 aromatic heterocycles. The van der Waals surface area contributed by atoms with Crippen molar-refractivity contribution in [3.63, 3.8) is 0 Å². The Hall–Kier alpha value is -1.14. The first-order chi connectivity index (χ1) is 8.13. The summed E-state index contributed by atoms with van der Waals surface area (Å²) in [5.74, 6) is -0.604. The van der Waals surface area contributed by atoms with Crippen LogP contribution in [0.2, 0.25) is 0 Å². The Labute approximate surface area is 101 Å². The van der Waals surface area contributed by atoms with Gasteiger partial charge in [0.25, 0.3) is 0 Å². The molecule has 1 rings (SSSR count). The van der Waals surface area contributed by atoms with Crippen LogP contribution in [0.5, 0.6) is 0 Å². The van der Waals surface area contributed by atoms with Crippen molar-refractivity contribution in [2.75, 3.05) is 32.8 Å². The number of rotatable bonds is 6. The summed E-state index contributed by atoms with van der Waals surface area (Å²) in [6.45, 7) is 4.75. The fraction of sp³-hybridized carbons (Fsp3) is 0.818. The maximum absolute atomic E-state index is 11.1. The van der Waals surface area contributed by atoms with E-state index in [0.29, 0.717) is 26.2 Å². The van der Waals surface area contributed by atoms with E-state index in [0.717, 1.165) is 19.5 Å². The highest BCUT2D eigenvalue weighted by atomic mass is 16.5. The van der Waals surface area contributed by atoms with Gasteiger partial charge in [-0.1, -0.05) is 0 Å². The van der Waals surface area contributed by atoms with E-state index in [1.165, 1.54) is 0 Å². The normalized spacial score (nSPS) is 21.1. The minimum absolute atomic E-state index is 0.174. The first-order valence-electron chi connectivity index (χ1n) is 5.92. The Morgan fingerprint density at radius 2 is 2.29 bits per heavy atom. The van der Waals surface area contributed by atoms with Crippen molar-refractivity contribution in [1.82, 2.24) is 4.90 Å². The monoisotopic (exact) mass is 244 g/mol. The highest BCUT2D eigenvalue weighted by molar-refractivity contribution is 5.79. The smallest absolute Gasteiger partial charge is 0.305 e. The Balaban J connectivity index is 2.18. The van der Waals surface area contributed by atoms with E-state index >= 15 is 0 Å². The lowest BCUT2D eigenvalue weighted by atomic mass is 10.2. The first-order valence-corrected chi connectivity index (χ1v) is 5.92. The van der Waals surface area contributed by atoms with Gasteiger partial charge < -0.3 is 15.2 Å². The molecule has 6 heteroatoms. The van der Waals surface area contributed by atoms with Crippen LogP contribution in [-0.2, 0) is 19.1 Å². The van der Waals surface area contributed by atoms with E-state index in [9.17, 15) is 9.59 Å². The number of ether oxygens (including phenoxy) is 2. The maximum Gasteiger partial charge on any atom is 0.305 e. The van der Waals surface area contributed by atoms with Gasteiger partial charge in [-0.3, -0.25) is 14.5 Å². The van der Waals surface area contributed by atoms with Crippen LogP contribution in [0.15, 0.2) is 0 Å². The number of hydrogen-bond donors (Lipinski definition) is 1. The van der Waals surface area contributed by atoms with E-state index < -0.39 is 12.0 Å². The van der Waals surface area contributed by atoms with Crippen LogP contribution in [0.4, 0.5) is 0 Å². The average molecular weight is 244 g/mol. The van der Waals surface area contributed by atoms with Gasteiger partial charge in [-0.05, 0) is 19.9 Å². The lowest BCUT2D eigenvalue weighted by molar-refractivity contribution is -0.143. The fourth-order valence-electron chi connectivity index (χ4n) is 1.76. The van der Waals surface area contributed by atoms with Gasteiger partial charge in [0.15, 0.2) is 0 Å². The second kappa shape index (κ2) is 7.24. The minimum atomic E-state index is -0.522.